The van der Waals surface area contributed by atoms with Gasteiger partial charge >= 0.3 is 0 Å². The minimum atomic E-state index is 0.0381. The van der Waals surface area contributed by atoms with E-state index in [1.807, 2.05) is 48.2 Å². The Bertz CT molecular complexity index is 525. The lowest BCUT2D eigenvalue weighted by molar-refractivity contribution is 0.315. The zero-order chi connectivity index (χ0) is 13.8. The summed E-state index contributed by atoms with van der Waals surface area (Å²) in [6.07, 6.45) is 0. The summed E-state index contributed by atoms with van der Waals surface area (Å²) in [4.78, 5) is 0. The second kappa shape index (κ2) is 6.42. The quantitative estimate of drug-likeness (QED) is 0.602. The summed E-state index contributed by atoms with van der Waals surface area (Å²) in [5.41, 5.74) is 2.37. The Kier molecular flexibility index (Phi) is 4.38. The lowest BCUT2D eigenvalue weighted by Crippen LogP contribution is -2.17. The van der Waals surface area contributed by atoms with Crippen LogP contribution in [0.5, 0.6) is 0 Å². The monoisotopic (exact) mass is 300 g/mol. The molecule has 0 spiro atoms. The van der Waals surface area contributed by atoms with E-state index < -0.39 is 0 Å². The van der Waals surface area contributed by atoms with Crippen LogP contribution >= 0.6 is 24.0 Å². The molecule has 2 aromatic carbocycles. The fraction of sp³-hybridized carbons (Fsp3) is 0.235. The van der Waals surface area contributed by atoms with Gasteiger partial charge in [0.15, 0.2) is 5.05 Å². The average Bonchev–Trinajstić information content (AvgIpc) is 3.32. The van der Waals surface area contributed by atoms with Gasteiger partial charge in [0.2, 0.25) is 0 Å². The minimum Gasteiger partial charge on any atom is -0.485 e. The molecule has 1 aliphatic heterocycles. The number of benzene rings is 2. The van der Waals surface area contributed by atoms with Gasteiger partial charge in [-0.15, -0.1) is 0 Å². The lowest BCUT2D eigenvalue weighted by Gasteiger charge is -2.19. The molecular formula is C17H16OS2. The zero-order valence-corrected chi connectivity index (χ0v) is 12.7. The number of thiocarbonyl (C=S) groups is 1. The minimum absolute atomic E-state index is 0.0381. The van der Waals surface area contributed by atoms with Crippen molar-refractivity contribution in [3.05, 3.63) is 71.8 Å². The maximum Gasteiger partial charge on any atom is 0.171 e. The highest BCUT2D eigenvalue weighted by Crippen LogP contribution is 2.32. The van der Waals surface area contributed by atoms with Crippen LogP contribution in [0.15, 0.2) is 60.7 Å². The molecule has 2 aromatic rings. The number of thioether (sulfide) groups is 1. The fourth-order valence-electron chi connectivity index (χ4n) is 2.18. The topological polar surface area (TPSA) is 9.23 Å². The first-order chi connectivity index (χ1) is 9.84. The van der Waals surface area contributed by atoms with Crippen LogP contribution in [0.25, 0.3) is 0 Å². The normalized spacial score (nSPS) is 16.9. The van der Waals surface area contributed by atoms with Gasteiger partial charge in [0.25, 0.3) is 0 Å². The first kappa shape index (κ1) is 13.7. The number of rotatable bonds is 5. The molecule has 1 atom stereocenters. The molecule has 102 valence electrons. The van der Waals surface area contributed by atoms with E-state index in [0.29, 0.717) is 10.3 Å². The molecule has 20 heavy (non-hydrogen) atoms. The highest BCUT2D eigenvalue weighted by atomic mass is 32.2. The molecule has 1 saturated heterocycles. The van der Waals surface area contributed by atoms with E-state index in [1.165, 1.54) is 16.9 Å². The summed E-state index contributed by atoms with van der Waals surface area (Å²) >= 11 is 7.48. The molecule has 0 N–H and O–H groups in total. The van der Waals surface area contributed by atoms with Crippen molar-refractivity contribution >= 4 is 29.0 Å². The molecule has 1 nitrogen and oxygen atoms in total. The largest absolute Gasteiger partial charge is 0.485 e. The summed E-state index contributed by atoms with van der Waals surface area (Å²) < 4.78 is 5.85. The first-order valence-electron chi connectivity index (χ1n) is 6.73. The van der Waals surface area contributed by atoms with Crippen LogP contribution in [0.2, 0.25) is 0 Å². The summed E-state index contributed by atoms with van der Waals surface area (Å²) in [6.45, 7) is 0.736. The molecule has 0 saturated carbocycles. The maximum atomic E-state index is 5.85. The van der Waals surface area contributed by atoms with E-state index in [4.69, 9.17) is 17.0 Å². The van der Waals surface area contributed by atoms with Crippen molar-refractivity contribution in [2.45, 2.75) is 11.2 Å². The van der Waals surface area contributed by atoms with Crippen molar-refractivity contribution in [3.8, 4) is 0 Å². The fourth-order valence-corrected chi connectivity index (χ4v) is 2.92. The Balaban J connectivity index is 1.84. The van der Waals surface area contributed by atoms with Crippen molar-refractivity contribution in [2.75, 3.05) is 12.4 Å². The van der Waals surface area contributed by atoms with Crippen molar-refractivity contribution in [1.29, 1.82) is 0 Å². The first-order valence-corrected chi connectivity index (χ1v) is 8.18. The standard InChI is InChI=1S/C17H16OS2/c19-17(18-11-15-12-20-15)16(13-7-3-1-4-8-13)14-9-5-2-6-10-14/h1-10,15-16H,11-12H2/t15-/m0/s1. The van der Waals surface area contributed by atoms with Gasteiger partial charge in [0, 0.05) is 11.0 Å². The van der Waals surface area contributed by atoms with Crippen LogP contribution in [-0.2, 0) is 4.74 Å². The molecule has 3 heteroatoms. The third kappa shape index (κ3) is 3.41. The second-order valence-electron chi connectivity index (χ2n) is 4.84. The number of hydrogen-bond acceptors (Lipinski definition) is 3. The molecular weight excluding hydrogens is 284 g/mol. The number of hydrogen-bond donors (Lipinski definition) is 0. The zero-order valence-electron chi connectivity index (χ0n) is 11.1. The molecule has 0 aromatic heterocycles. The maximum absolute atomic E-state index is 5.85. The molecule has 0 bridgehead atoms. The lowest BCUT2D eigenvalue weighted by atomic mass is 9.92. The van der Waals surface area contributed by atoms with Crippen LogP contribution in [0.1, 0.15) is 17.0 Å². The Morgan fingerprint density at radius 2 is 1.55 bits per heavy atom. The molecule has 0 radical (unpaired) electrons. The Morgan fingerprint density at radius 3 is 2.00 bits per heavy atom. The molecule has 0 aliphatic carbocycles. The molecule has 3 rings (SSSR count). The van der Waals surface area contributed by atoms with Gasteiger partial charge in [0.1, 0.15) is 6.61 Å². The van der Waals surface area contributed by atoms with Crippen LogP contribution < -0.4 is 0 Å². The summed E-state index contributed by atoms with van der Waals surface area (Å²) in [7, 11) is 0. The average molecular weight is 300 g/mol. The summed E-state index contributed by atoms with van der Waals surface area (Å²) in [5.74, 6) is 1.24. The molecule has 0 amide bonds. The van der Waals surface area contributed by atoms with E-state index in [0.717, 1.165) is 6.61 Å². The van der Waals surface area contributed by atoms with E-state index in [2.05, 4.69) is 24.3 Å². The third-order valence-electron chi connectivity index (χ3n) is 3.32. The van der Waals surface area contributed by atoms with Gasteiger partial charge < -0.3 is 4.74 Å². The van der Waals surface area contributed by atoms with Crippen molar-refractivity contribution < 1.29 is 4.74 Å². The van der Waals surface area contributed by atoms with Crippen LogP contribution in [-0.4, -0.2) is 22.7 Å². The van der Waals surface area contributed by atoms with Gasteiger partial charge in [0.05, 0.1) is 5.92 Å². The SMILES string of the molecule is S=C(OC[C@H]1CS1)C(c1ccccc1)c1ccccc1. The predicted octanol–water partition coefficient (Wildman–Crippen LogP) is 4.28. The van der Waals surface area contributed by atoms with E-state index >= 15 is 0 Å². The highest BCUT2D eigenvalue weighted by Gasteiger charge is 2.26. The van der Waals surface area contributed by atoms with Crippen LogP contribution in [0.4, 0.5) is 0 Å². The predicted molar refractivity (Wildman–Crippen MR) is 89.5 cm³/mol. The third-order valence-corrected chi connectivity index (χ3v) is 4.61. The molecule has 0 unspecified atom stereocenters. The molecule has 1 fully saturated rings. The van der Waals surface area contributed by atoms with Crippen molar-refractivity contribution in [2.24, 2.45) is 0 Å². The van der Waals surface area contributed by atoms with Gasteiger partial charge in [-0.05, 0) is 23.3 Å². The van der Waals surface area contributed by atoms with Gasteiger partial charge in [-0.25, -0.2) is 0 Å². The Morgan fingerprint density at radius 1 is 1.05 bits per heavy atom. The summed E-state index contributed by atoms with van der Waals surface area (Å²) in [6, 6.07) is 20.7. The highest BCUT2D eigenvalue weighted by molar-refractivity contribution is 8.06. The van der Waals surface area contributed by atoms with Crippen LogP contribution in [0, 0.1) is 0 Å². The van der Waals surface area contributed by atoms with Crippen molar-refractivity contribution in [3.63, 3.8) is 0 Å². The second-order valence-corrected chi connectivity index (χ2v) is 6.58. The Labute approximate surface area is 129 Å². The Hall–Kier alpha value is -1.32. The van der Waals surface area contributed by atoms with E-state index in [1.54, 1.807) is 0 Å². The molecule has 1 aliphatic rings. The molecule has 1 heterocycles. The van der Waals surface area contributed by atoms with Gasteiger partial charge in [-0.2, -0.15) is 11.8 Å². The van der Waals surface area contributed by atoms with Gasteiger partial charge in [-0.3, -0.25) is 0 Å². The van der Waals surface area contributed by atoms with E-state index in [-0.39, 0.29) is 5.92 Å². The van der Waals surface area contributed by atoms with E-state index in [9.17, 15) is 0 Å². The van der Waals surface area contributed by atoms with Crippen molar-refractivity contribution in [1.82, 2.24) is 0 Å². The van der Waals surface area contributed by atoms with Gasteiger partial charge in [-0.1, -0.05) is 60.7 Å². The smallest absolute Gasteiger partial charge is 0.171 e. The van der Waals surface area contributed by atoms with Crippen LogP contribution in [0.3, 0.4) is 0 Å². The number of ether oxygens (including phenoxy) is 1. The summed E-state index contributed by atoms with van der Waals surface area (Å²) in [5, 5.41) is 1.31.